The molecule has 0 aliphatic heterocycles. The summed E-state index contributed by atoms with van der Waals surface area (Å²) in [5.74, 6) is 0.333. The summed E-state index contributed by atoms with van der Waals surface area (Å²) in [5, 5.41) is 2.79. The zero-order chi connectivity index (χ0) is 20.1. The van der Waals surface area contributed by atoms with Crippen LogP contribution >= 0.6 is 0 Å². The number of aromatic nitrogens is 2. The van der Waals surface area contributed by atoms with E-state index < -0.39 is 6.09 Å². The van der Waals surface area contributed by atoms with E-state index in [1.807, 2.05) is 26.0 Å². The highest BCUT2D eigenvalue weighted by molar-refractivity contribution is 5.96. The number of hydrogen-bond donors (Lipinski definition) is 2. The third-order valence-electron chi connectivity index (χ3n) is 4.39. The fourth-order valence-electron chi connectivity index (χ4n) is 3.00. The van der Waals surface area contributed by atoms with E-state index in [1.54, 1.807) is 12.1 Å². The molecule has 1 heterocycles. The van der Waals surface area contributed by atoms with E-state index in [-0.39, 0.29) is 12.4 Å². The number of ether oxygens (including phenoxy) is 1. The molecule has 3 rings (SSSR count). The normalized spacial score (nSPS) is 10.7. The van der Waals surface area contributed by atoms with Crippen molar-refractivity contribution in [1.82, 2.24) is 9.97 Å². The summed E-state index contributed by atoms with van der Waals surface area (Å²) in [5.41, 5.74) is 3.77. The Labute approximate surface area is 163 Å². The van der Waals surface area contributed by atoms with E-state index >= 15 is 0 Å². The van der Waals surface area contributed by atoms with Crippen LogP contribution in [0.1, 0.15) is 13.8 Å². The van der Waals surface area contributed by atoms with Gasteiger partial charge < -0.3 is 14.6 Å². The molecule has 0 spiro atoms. The van der Waals surface area contributed by atoms with Crippen molar-refractivity contribution in [3.63, 3.8) is 0 Å². The van der Waals surface area contributed by atoms with Crippen molar-refractivity contribution < 1.29 is 13.9 Å². The van der Waals surface area contributed by atoms with Crippen molar-refractivity contribution in [1.29, 1.82) is 0 Å². The van der Waals surface area contributed by atoms with E-state index in [4.69, 9.17) is 4.74 Å². The average Bonchev–Trinajstić information content (AvgIpc) is 3.10. The number of nitrogens with one attached hydrogen (secondary N) is 2. The number of imidazole rings is 1. The number of benzene rings is 2. The number of fused-ring (bicyclic) bond motifs is 1. The smallest absolute Gasteiger partial charge is 0.412 e. The maximum Gasteiger partial charge on any atom is 0.412 e. The molecule has 0 aliphatic carbocycles. The average molecular weight is 382 g/mol. The van der Waals surface area contributed by atoms with Gasteiger partial charge in [-0.1, -0.05) is 12.7 Å². The molecule has 0 fully saturated rings. The molecule has 2 N–H and O–H groups in total. The van der Waals surface area contributed by atoms with Crippen LogP contribution in [0.4, 0.5) is 20.6 Å². The largest absolute Gasteiger partial charge is 0.445 e. The van der Waals surface area contributed by atoms with Crippen molar-refractivity contribution in [2.45, 2.75) is 13.8 Å². The lowest BCUT2D eigenvalue weighted by Gasteiger charge is -2.24. The maximum atomic E-state index is 13.2. The molecule has 0 radical (unpaired) electrons. The lowest BCUT2D eigenvalue weighted by atomic mass is 10.2. The second kappa shape index (κ2) is 8.56. The van der Waals surface area contributed by atoms with Gasteiger partial charge in [0.1, 0.15) is 18.2 Å². The molecule has 7 heteroatoms. The van der Waals surface area contributed by atoms with E-state index in [9.17, 15) is 9.18 Å². The van der Waals surface area contributed by atoms with Crippen molar-refractivity contribution >= 4 is 28.5 Å². The van der Waals surface area contributed by atoms with Crippen LogP contribution in [-0.4, -0.2) is 35.8 Å². The molecule has 0 unspecified atom stereocenters. The fraction of sp³-hybridized carbons (Fsp3) is 0.238. The van der Waals surface area contributed by atoms with Crippen molar-refractivity contribution in [3.05, 3.63) is 54.9 Å². The van der Waals surface area contributed by atoms with Crippen LogP contribution < -0.4 is 10.2 Å². The summed E-state index contributed by atoms with van der Waals surface area (Å²) >= 11 is 0. The molecule has 1 aromatic heterocycles. The lowest BCUT2D eigenvalue weighted by Crippen LogP contribution is -2.24. The lowest BCUT2D eigenvalue weighted by molar-refractivity contribution is 0.174. The van der Waals surface area contributed by atoms with Gasteiger partial charge in [0.15, 0.2) is 0 Å². The Hall–Kier alpha value is -3.35. The number of nitrogens with zero attached hydrogens (tertiary/aromatic N) is 2. The minimum atomic E-state index is -0.554. The first-order valence-corrected chi connectivity index (χ1v) is 9.15. The first kappa shape index (κ1) is 19.4. The van der Waals surface area contributed by atoms with Crippen LogP contribution in [0.3, 0.4) is 0 Å². The number of carbonyl (C=O) groups is 1. The van der Waals surface area contributed by atoms with Crippen LogP contribution in [0, 0.1) is 5.82 Å². The van der Waals surface area contributed by atoms with Gasteiger partial charge in [-0.2, -0.15) is 0 Å². The zero-order valence-electron chi connectivity index (χ0n) is 16.0. The Morgan fingerprint density at radius 1 is 1.29 bits per heavy atom. The summed E-state index contributed by atoms with van der Waals surface area (Å²) < 4.78 is 18.2. The minimum absolute atomic E-state index is 0.131. The fourth-order valence-corrected chi connectivity index (χ4v) is 3.00. The third kappa shape index (κ3) is 4.14. The van der Waals surface area contributed by atoms with E-state index in [0.29, 0.717) is 17.0 Å². The quantitative estimate of drug-likeness (QED) is 0.567. The Morgan fingerprint density at radius 3 is 2.64 bits per heavy atom. The van der Waals surface area contributed by atoms with Crippen molar-refractivity contribution in [2.75, 3.05) is 29.9 Å². The number of hydrogen-bond acceptors (Lipinski definition) is 4. The number of anilines is 2. The summed E-state index contributed by atoms with van der Waals surface area (Å²) in [6.07, 6.45) is 0.957. The highest BCUT2D eigenvalue weighted by Crippen LogP contribution is 2.32. The number of aromatic amines is 1. The van der Waals surface area contributed by atoms with Crippen LogP contribution in [0.5, 0.6) is 0 Å². The predicted octanol–water partition coefficient (Wildman–Crippen LogP) is 4.95. The molecule has 0 aliphatic rings. The van der Waals surface area contributed by atoms with Gasteiger partial charge in [-0.15, -0.1) is 0 Å². The zero-order valence-corrected chi connectivity index (χ0v) is 16.0. The molecule has 3 aromatic rings. The number of amides is 1. The predicted molar refractivity (Wildman–Crippen MR) is 110 cm³/mol. The maximum absolute atomic E-state index is 13.2. The SMILES string of the molecule is C=CCOC(=O)Nc1cc2nc(-c3ccc(F)cc3)[nH]c2cc1N(CC)CC. The first-order valence-electron chi connectivity index (χ1n) is 9.15. The van der Waals surface area contributed by atoms with Gasteiger partial charge >= 0.3 is 6.09 Å². The number of carbonyl (C=O) groups excluding carboxylic acids is 1. The molecular weight excluding hydrogens is 359 g/mol. The van der Waals surface area contributed by atoms with E-state index in [1.165, 1.54) is 18.2 Å². The standard InChI is InChI=1S/C21H23FN4O2/c1-4-11-28-21(27)25-18-12-16-17(13-19(18)26(5-2)6-3)24-20(23-16)14-7-9-15(22)10-8-14/h4,7-10,12-13H,1,5-6,11H2,2-3H3,(H,23,24)(H,25,27). The Morgan fingerprint density at radius 2 is 2.00 bits per heavy atom. The summed E-state index contributed by atoms with van der Waals surface area (Å²) in [6, 6.07) is 9.89. The molecule has 28 heavy (non-hydrogen) atoms. The molecule has 1 amide bonds. The summed E-state index contributed by atoms with van der Waals surface area (Å²) in [4.78, 5) is 22.0. The van der Waals surface area contributed by atoms with E-state index in [0.717, 1.165) is 29.9 Å². The molecule has 0 atom stereocenters. The third-order valence-corrected chi connectivity index (χ3v) is 4.39. The number of halogens is 1. The monoisotopic (exact) mass is 382 g/mol. The Balaban J connectivity index is 2.03. The van der Waals surface area contributed by atoms with Crippen LogP contribution in [0.25, 0.3) is 22.4 Å². The van der Waals surface area contributed by atoms with Crippen molar-refractivity contribution in [2.24, 2.45) is 0 Å². The first-order chi connectivity index (χ1) is 13.5. The van der Waals surface area contributed by atoms with Gasteiger partial charge in [0.25, 0.3) is 0 Å². The van der Waals surface area contributed by atoms with Gasteiger partial charge in [-0.05, 0) is 50.2 Å². The highest BCUT2D eigenvalue weighted by Gasteiger charge is 2.16. The summed E-state index contributed by atoms with van der Waals surface area (Å²) in [7, 11) is 0. The van der Waals surface area contributed by atoms with Crippen LogP contribution in [-0.2, 0) is 4.74 Å². The van der Waals surface area contributed by atoms with Gasteiger partial charge in [0.2, 0.25) is 0 Å². The Bertz CT molecular complexity index is 978. The molecule has 0 bridgehead atoms. The summed E-state index contributed by atoms with van der Waals surface area (Å²) in [6.45, 7) is 9.31. The van der Waals surface area contributed by atoms with Crippen LogP contribution in [0.2, 0.25) is 0 Å². The van der Waals surface area contributed by atoms with E-state index in [2.05, 4.69) is 26.8 Å². The van der Waals surface area contributed by atoms with Crippen molar-refractivity contribution in [3.8, 4) is 11.4 Å². The molecule has 0 saturated heterocycles. The minimum Gasteiger partial charge on any atom is -0.445 e. The molecule has 6 nitrogen and oxygen atoms in total. The molecule has 146 valence electrons. The van der Waals surface area contributed by atoms with Gasteiger partial charge in [-0.3, -0.25) is 5.32 Å². The topological polar surface area (TPSA) is 70.2 Å². The molecule has 2 aromatic carbocycles. The molecule has 0 saturated carbocycles. The van der Waals surface area contributed by atoms with Gasteiger partial charge in [-0.25, -0.2) is 14.2 Å². The number of H-pyrrole nitrogens is 1. The Kier molecular flexibility index (Phi) is 5.93. The second-order valence-corrected chi connectivity index (χ2v) is 6.16. The molecular formula is C21H23FN4O2. The highest BCUT2D eigenvalue weighted by atomic mass is 19.1. The van der Waals surface area contributed by atoms with Gasteiger partial charge in [0, 0.05) is 18.7 Å². The second-order valence-electron chi connectivity index (χ2n) is 6.16. The van der Waals surface area contributed by atoms with Gasteiger partial charge in [0.05, 0.1) is 22.4 Å². The number of rotatable bonds is 7. The van der Waals surface area contributed by atoms with Crippen LogP contribution in [0.15, 0.2) is 49.1 Å².